The molecule has 0 bridgehead atoms. The number of hydrogen-bond donors (Lipinski definition) is 1. The van der Waals surface area contributed by atoms with E-state index in [1.807, 2.05) is 20.8 Å². The molecule has 13 heavy (non-hydrogen) atoms. The summed E-state index contributed by atoms with van der Waals surface area (Å²) < 4.78 is 0. The van der Waals surface area contributed by atoms with E-state index in [-0.39, 0.29) is 24.0 Å². The van der Waals surface area contributed by atoms with Crippen molar-refractivity contribution >= 4 is 11.8 Å². The molecule has 0 heterocycles. The fourth-order valence-electron chi connectivity index (χ4n) is 2.40. The standard InChI is InChI=1S/C10H16O3/c1-6(2)10(9(12)13)5-8(11)4-7(10)3/h6-7H,4-5H2,1-3H3,(H,12,13). The summed E-state index contributed by atoms with van der Waals surface area (Å²) in [5.74, 6) is -0.742. The van der Waals surface area contributed by atoms with Gasteiger partial charge in [0.15, 0.2) is 0 Å². The number of carboxylic acid groups (broad SMARTS) is 1. The topological polar surface area (TPSA) is 54.4 Å². The maximum absolute atomic E-state index is 11.2. The Kier molecular flexibility index (Phi) is 2.46. The van der Waals surface area contributed by atoms with Crippen LogP contribution in [0, 0.1) is 17.3 Å². The number of rotatable bonds is 2. The maximum atomic E-state index is 11.2. The van der Waals surface area contributed by atoms with Crippen molar-refractivity contribution in [1.82, 2.24) is 0 Å². The van der Waals surface area contributed by atoms with E-state index in [0.29, 0.717) is 6.42 Å². The smallest absolute Gasteiger partial charge is 0.310 e. The van der Waals surface area contributed by atoms with Gasteiger partial charge in [0.25, 0.3) is 0 Å². The minimum atomic E-state index is -0.819. The second-order valence-corrected chi connectivity index (χ2v) is 4.32. The van der Waals surface area contributed by atoms with Gasteiger partial charge in [-0.2, -0.15) is 0 Å². The Bertz CT molecular complexity index is 245. The lowest BCUT2D eigenvalue weighted by molar-refractivity contribution is -0.155. The van der Waals surface area contributed by atoms with E-state index in [1.54, 1.807) is 0 Å². The summed E-state index contributed by atoms with van der Waals surface area (Å²) in [6.45, 7) is 5.62. The van der Waals surface area contributed by atoms with Crippen LogP contribution < -0.4 is 0 Å². The molecule has 1 aliphatic carbocycles. The number of ketones is 1. The fourth-order valence-corrected chi connectivity index (χ4v) is 2.40. The van der Waals surface area contributed by atoms with Crippen LogP contribution in [0.4, 0.5) is 0 Å². The Morgan fingerprint density at radius 2 is 2.15 bits per heavy atom. The lowest BCUT2D eigenvalue weighted by Gasteiger charge is -2.32. The molecule has 0 aromatic heterocycles. The van der Waals surface area contributed by atoms with E-state index < -0.39 is 11.4 Å². The Labute approximate surface area is 78.1 Å². The molecule has 0 aromatic rings. The average molecular weight is 184 g/mol. The van der Waals surface area contributed by atoms with Gasteiger partial charge in [-0.15, -0.1) is 0 Å². The molecule has 0 aliphatic heterocycles. The van der Waals surface area contributed by atoms with Crippen molar-refractivity contribution < 1.29 is 14.7 Å². The predicted octanol–water partition coefficient (Wildman–Crippen LogP) is 1.71. The number of hydrogen-bond acceptors (Lipinski definition) is 2. The number of carboxylic acids is 1. The highest BCUT2D eigenvalue weighted by atomic mass is 16.4. The number of aliphatic carboxylic acids is 1. The van der Waals surface area contributed by atoms with Crippen molar-refractivity contribution in [2.45, 2.75) is 33.6 Å². The van der Waals surface area contributed by atoms with Crippen molar-refractivity contribution in [2.24, 2.45) is 17.3 Å². The van der Waals surface area contributed by atoms with E-state index in [9.17, 15) is 14.7 Å². The van der Waals surface area contributed by atoms with Crippen LogP contribution in [0.25, 0.3) is 0 Å². The first-order valence-electron chi connectivity index (χ1n) is 4.66. The van der Waals surface area contributed by atoms with Crippen LogP contribution in [0.3, 0.4) is 0 Å². The molecule has 3 nitrogen and oxygen atoms in total. The molecule has 3 heteroatoms. The Hall–Kier alpha value is -0.860. The molecule has 1 aliphatic rings. The predicted molar refractivity (Wildman–Crippen MR) is 48.3 cm³/mol. The molecule has 1 rings (SSSR count). The van der Waals surface area contributed by atoms with Crippen LogP contribution in [-0.4, -0.2) is 16.9 Å². The normalized spacial score (nSPS) is 34.2. The summed E-state index contributed by atoms with van der Waals surface area (Å²) in [5, 5.41) is 9.17. The van der Waals surface area contributed by atoms with Crippen LogP contribution in [0.5, 0.6) is 0 Å². The van der Waals surface area contributed by atoms with Crippen LogP contribution in [0.15, 0.2) is 0 Å². The third-order valence-electron chi connectivity index (χ3n) is 3.33. The van der Waals surface area contributed by atoms with Crippen molar-refractivity contribution in [3.05, 3.63) is 0 Å². The van der Waals surface area contributed by atoms with Gasteiger partial charge in [-0.1, -0.05) is 20.8 Å². The minimum absolute atomic E-state index is 0.0199. The van der Waals surface area contributed by atoms with Gasteiger partial charge in [0.2, 0.25) is 0 Å². The molecule has 1 saturated carbocycles. The Balaban J connectivity index is 3.05. The fraction of sp³-hybridized carbons (Fsp3) is 0.800. The third-order valence-corrected chi connectivity index (χ3v) is 3.33. The summed E-state index contributed by atoms with van der Waals surface area (Å²) in [6.07, 6.45) is 0.631. The van der Waals surface area contributed by atoms with Crippen LogP contribution in [0.2, 0.25) is 0 Å². The van der Waals surface area contributed by atoms with Gasteiger partial charge in [-0.05, 0) is 11.8 Å². The summed E-state index contributed by atoms with van der Waals surface area (Å²) in [7, 11) is 0. The molecule has 1 N–H and O–H groups in total. The van der Waals surface area contributed by atoms with Gasteiger partial charge in [-0.3, -0.25) is 9.59 Å². The molecular weight excluding hydrogens is 168 g/mol. The summed E-state index contributed by atoms with van der Waals surface area (Å²) in [5.41, 5.74) is -0.808. The quantitative estimate of drug-likeness (QED) is 0.710. The SMILES string of the molecule is CC(C)C1(C(=O)O)CC(=O)CC1C. The van der Waals surface area contributed by atoms with Crippen molar-refractivity contribution in [2.75, 3.05) is 0 Å². The second kappa shape index (κ2) is 3.13. The summed E-state index contributed by atoms with van der Waals surface area (Å²) >= 11 is 0. The highest BCUT2D eigenvalue weighted by Crippen LogP contribution is 2.47. The molecule has 0 radical (unpaired) electrons. The number of carbonyl (C=O) groups is 2. The largest absolute Gasteiger partial charge is 0.481 e. The molecule has 1 fully saturated rings. The van der Waals surface area contributed by atoms with Gasteiger partial charge in [0.1, 0.15) is 5.78 Å². The van der Waals surface area contributed by atoms with Gasteiger partial charge < -0.3 is 5.11 Å². The zero-order chi connectivity index (χ0) is 10.2. The number of carbonyl (C=O) groups excluding carboxylic acids is 1. The molecule has 0 aromatic carbocycles. The second-order valence-electron chi connectivity index (χ2n) is 4.32. The highest BCUT2D eigenvalue weighted by molar-refractivity contribution is 5.90. The van der Waals surface area contributed by atoms with E-state index in [1.165, 1.54) is 0 Å². The van der Waals surface area contributed by atoms with Crippen LogP contribution in [-0.2, 0) is 9.59 Å². The Morgan fingerprint density at radius 3 is 2.31 bits per heavy atom. The van der Waals surface area contributed by atoms with Gasteiger partial charge in [-0.25, -0.2) is 0 Å². The van der Waals surface area contributed by atoms with Crippen LogP contribution in [0.1, 0.15) is 33.6 Å². The van der Waals surface area contributed by atoms with E-state index in [2.05, 4.69) is 0 Å². The first-order valence-corrected chi connectivity index (χ1v) is 4.66. The Morgan fingerprint density at radius 1 is 1.62 bits per heavy atom. The summed E-state index contributed by atoms with van der Waals surface area (Å²) in [4.78, 5) is 22.4. The molecule has 0 spiro atoms. The number of Topliss-reactive ketones (excluding diaryl/α,β-unsaturated/α-hetero) is 1. The lowest BCUT2D eigenvalue weighted by atomic mass is 9.70. The third kappa shape index (κ3) is 1.36. The molecule has 0 amide bonds. The van der Waals surface area contributed by atoms with Crippen molar-refractivity contribution in [3.63, 3.8) is 0 Å². The van der Waals surface area contributed by atoms with E-state index in [0.717, 1.165) is 0 Å². The van der Waals surface area contributed by atoms with E-state index in [4.69, 9.17) is 0 Å². The zero-order valence-corrected chi connectivity index (χ0v) is 8.33. The van der Waals surface area contributed by atoms with Crippen LogP contribution >= 0.6 is 0 Å². The zero-order valence-electron chi connectivity index (χ0n) is 8.33. The maximum Gasteiger partial charge on any atom is 0.310 e. The van der Waals surface area contributed by atoms with Crippen molar-refractivity contribution in [3.8, 4) is 0 Å². The summed E-state index contributed by atoms with van der Waals surface area (Å²) in [6, 6.07) is 0. The minimum Gasteiger partial charge on any atom is -0.481 e. The van der Waals surface area contributed by atoms with E-state index >= 15 is 0 Å². The average Bonchev–Trinajstić information content (AvgIpc) is 2.26. The first kappa shape index (κ1) is 10.2. The van der Waals surface area contributed by atoms with Gasteiger partial charge in [0.05, 0.1) is 5.41 Å². The van der Waals surface area contributed by atoms with Crippen molar-refractivity contribution in [1.29, 1.82) is 0 Å². The molecule has 74 valence electrons. The molecule has 0 saturated heterocycles. The lowest BCUT2D eigenvalue weighted by Crippen LogP contribution is -2.38. The van der Waals surface area contributed by atoms with Gasteiger partial charge >= 0.3 is 5.97 Å². The molecule has 2 unspecified atom stereocenters. The highest BCUT2D eigenvalue weighted by Gasteiger charge is 2.52. The first-order chi connectivity index (χ1) is 5.91. The molecule has 2 atom stereocenters. The van der Waals surface area contributed by atoms with Gasteiger partial charge in [0, 0.05) is 12.8 Å². The molecular formula is C10H16O3. The monoisotopic (exact) mass is 184 g/mol.